The number of hydrogen-bond acceptors (Lipinski definition) is 4. The van der Waals surface area contributed by atoms with Crippen LogP contribution in [0, 0.1) is 11.3 Å². The number of hydrogen-bond donors (Lipinski definition) is 1. The summed E-state index contributed by atoms with van der Waals surface area (Å²) >= 11 is 0. The number of nitrogens with one attached hydrogen (secondary N) is 1. The Labute approximate surface area is 117 Å². The molecule has 0 heterocycles. The Hall–Kier alpha value is -2.80. The lowest BCUT2D eigenvalue weighted by atomic mass is 10.1. The van der Waals surface area contributed by atoms with Crippen molar-refractivity contribution in [3.63, 3.8) is 0 Å². The Morgan fingerprint density at radius 1 is 1.30 bits per heavy atom. The lowest BCUT2D eigenvalue weighted by molar-refractivity contribution is -0.138. The number of ether oxygens (including phenoxy) is 1. The first-order valence-corrected chi connectivity index (χ1v) is 6.28. The summed E-state index contributed by atoms with van der Waals surface area (Å²) < 4.78 is 4.80. The summed E-state index contributed by atoms with van der Waals surface area (Å²) in [5.74, 6) is -0.622. The average Bonchev–Trinajstić information content (AvgIpc) is 2.48. The van der Waals surface area contributed by atoms with Crippen molar-refractivity contribution in [2.75, 3.05) is 11.9 Å². The van der Waals surface area contributed by atoms with Gasteiger partial charge in [0.2, 0.25) is 0 Å². The van der Waals surface area contributed by atoms with E-state index in [1.54, 1.807) is 6.92 Å². The van der Waals surface area contributed by atoms with Crippen molar-refractivity contribution >= 4 is 22.4 Å². The normalized spacial score (nSPS) is 10.9. The molecule has 0 aliphatic rings. The highest BCUT2D eigenvalue weighted by atomic mass is 16.5. The number of fused-ring (bicyclic) bond motifs is 1. The van der Waals surface area contributed by atoms with E-state index in [9.17, 15) is 4.79 Å². The number of carbonyl (C=O) groups is 1. The van der Waals surface area contributed by atoms with E-state index >= 15 is 0 Å². The first kappa shape index (κ1) is 13.6. The first-order valence-electron chi connectivity index (χ1n) is 6.28. The van der Waals surface area contributed by atoms with Crippen molar-refractivity contribution < 1.29 is 9.53 Å². The van der Waals surface area contributed by atoms with E-state index in [4.69, 9.17) is 10.00 Å². The lowest BCUT2D eigenvalue weighted by Crippen LogP contribution is -2.07. The molecule has 4 nitrogen and oxygen atoms in total. The molecule has 0 atom stereocenters. The second kappa shape index (κ2) is 6.39. The summed E-state index contributed by atoms with van der Waals surface area (Å²) in [4.78, 5) is 11.5. The second-order valence-corrected chi connectivity index (χ2v) is 4.06. The predicted molar refractivity (Wildman–Crippen MR) is 77.9 cm³/mol. The summed E-state index contributed by atoms with van der Waals surface area (Å²) in [6, 6.07) is 15.5. The van der Waals surface area contributed by atoms with Gasteiger partial charge in [0.05, 0.1) is 6.61 Å². The minimum Gasteiger partial charge on any atom is -0.462 e. The molecule has 0 spiro atoms. The van der Waals surface area contributed by atoms with Crippen LogP contribution in [0.1, 0.15) is 6.92 Å². The lowest BCUT2D eigenvalue weighted by Gasteiger charge is -2.06. The largest absolute Gasteiger partial charge is 0.462 e. The van der Waals surface area contributed by atoms with E-state index in [0.29, 0.717) is 0 Å². The fourth-order valence-corrected chi connectivity index (χ4v) is 1.85. The number of nitrogens with zero attached hydrogens (tertiary/aromatic N) is 1. The van der Waals surface area contributed by atoms with Crippen LogP contribution in [-0.2, 0) is 9.53 Å². The molecule has 0 amide bonds. The zero-order valence-corrected chi connectivity index (χ0v) is 11.1. The van der Waals surface area contributed by atoms with Crippen LogP contribution >= 0.6 is 0 Å². The molecule has 0 unspecified atom stereocenters. The van der Waals surface area contributed by atoms with Crippen LogP contribution in [0.3, 0.4) is 0 Å². The molecular weight excluding hydrogens is 252 g/mol. The fraction of sp³-hybridized carbons (Fsp3) is 0.125. The quantitative estimate of drug-likeness (QED) is 0.524. The Bertz CT molecular complexity index is 694. The van der Waals surface area contributed by atoms with E-state index in [-0.39, 0.29) is 12.2 Å². The Kier molecular flexibility index (Phi) is 4.35. The zero-order valence-electron chi connectivity index (χ0n) is 11.1. The Morgan fingerprint density at radius 3 is 2.80 bits per heavy atom. The van der Waals surface area contributed by atoms with Crippen molar-refractivity contribution in [1.82, 2.24) is 0 Å². The van der Waals surface area contributed by atoms with E-state index < -0.39 is 5.97 Å². The average molecular weight is 266 g/mol. The zero-order chi connectivity index (χ0) is 14.4. The van der Waals surface area contributed by atoms with Gasteiger partial charge in [0.1, 0.15) is 6.07 Å². The molecule has 0 saturated carbocycles. The van der Waals surface area contributed by atoms with Crippen LogP contribution in [0.5, 0.6) is 0 Å². The molecule has 1 N–H and O–H groups in total. The number of carbonyl (C=O) groups excluding carboxylic acids is 1. The van der Waals surface area contributed by atoms with Crippen LogP contribution in [0.4, 0.5) is 5.69 Å². The van der Waals surface area contributed by atoms with Gasteiger partial charge < -0.3 is 10.1 Å². The molecule has 0 aromatic heterocycles. The molecule has 100 valence electrons. The molecule has 20 heavy (non-hydrogen) atoms. The molecule has 0 aliphatic carbocycles. The van der Waals surface area contributed by atoms with E-state index in [1.807, 2.05) is 48.5 Å². The topological polar surface area (TPSA) is 62.1 Å². The van der Waals surface area contributed by atoms with Crippen molar-refractivity contribution in [3.05, 3.63) is 54.2 Å². The van der Waals surface area contributed by atoms with Gasteiger partial charge in [-0.15, -0.1) is 0 Å². The number of benzene rings is 2. The second-order valence-electron chi connectivity index (χ2n) is 4.06. The number of nitriles is 1. The SMILES string of the molecule is CCOC(=O)C(C#N)=CNc1cccc2ccccc12. The maximum Gasteiger partial charge on any atom is 0.350 e. The highest BCUT2D eigenvalue weighted by molar-refractivity contribution is 5.96. The van der Waals surface area contributed by atoms with E-state index in [0.717, 1.165) is 16.5 Å². The van der Waals surface area contributed by atoms with Gasteiger partial charge in [-0.25, -0.2) is 4.79 Å². The van der Waals surface area contributed by atoms with Gasteiger partial charge in [-0.05, 0) is 18.4 Å². The molecular formula is C16H14N2O2. The van der Waals surface area contributed by atoms with Gasteiger partial charge in [0.15, 0.2) is 5.57 Å². The van der Waals surface area contributed by atoms with Crippen LogP contribution < -0.4 is 5.32 Å². The highest BCUT2D eigenvalue weighted by Crippen LogP contribution is 2.23. The summed E-state index contributed by atoms with van der Waals surface area (Å²) in [5.41, 5.74) is 0.778. The molecule has 2 aromatic carbocycles. The molecule has 0 bridgehead atoms. The molecule has 4 heteroatoms. The van der Waals surface area contributed by atoms with Gasteiger partial charge in [0, 0.05) is 17.3 Å². The van der Waals surface area contributed by atoms with Gasteiger partial charge in [-0.2, -0.15) is 5.26 Å². The van der Waals surface area contributed by atoms with Crippen LogP contribution in [0.25, 0.3) is 10.8 Å². The molecule has 0 fully saturated rings. The van der Waals surface area contributed by atoms with E-state index in [2.05, 4.69) is 5.32 Å². The standard InChI is InChI=1S/C16H14N2O2/c1-2-20-16(19)13(10-17)11-18-15-9-5-7-12-6-3-4-8-14(12)15/h3-9,11,18H,2H2,1H3. The van der Waals surface area contributed by atoms with Crippen LogP contribution in [0.15, 0.2) is 54.2 Å². The van der Waals surface area contributed by atoms with Crippen molar-refractivity contribution in [1.29, 1.82) is 5.26 Å². The number of rotatable bonds is 4. The van der Waals surface area contributed by atoms with Crippen molar-refractivity contribution in [2.24, 2.45) is 0 Å². The molecule has 0 aliphatic heterocycles. The molecule has 2 aromatic rings. The minimum atomic E-state index is -0.622. The maximum atomic E-state index is 11.5. The molecule has 0 radical (unpaired) electrons. The van der Waals surface area contributed by atoms with Gasteiger partial charge in [0.25, 0.3) is 0 Å². The summed E-state index contributed by atoms with van der Waals surface area (Å²) in [7, 11) is 0. The number of esters is 1. The first-order chi connectivity index (χ1) is 9.76. The maximum absolute atomic E-state index is 11.5. The van der Waals surface area contributed by atoms with Gasteiger partial charge >= 0.3 is 5.97 Å². The third-order valence-corrected chi connectivity index (χ3v) is 2.78. The summed E-state index contributed by atoms with van der Waals surface area (Å²) in [6.07, 6.45) is 1.37. The third-order valence-electron chi connectivity index (χ3n) is 2.78. The monoisotopic (exact) mass is 266 g/mol. The Morgan fingerprint density at radius 2 is 2.05 bits per heavy atom. The van der Waals surface area contributed by atoms with Crippen LogP contribution in [-0.4, -0.2) is 12.6 Å². The third kappa shape index (κ3) is 2.96. The Balaban J connectivity index is 2.28. The predicted octanol–water partition coefficient (Wildman–Crippen LogP) is 3.22. The van der Waals surface area contributed by atoms with Crippen molar-refractivity contribution in [3.8, 4) is 6.07 Å². The summed E-state index contributed by atoms with van der Waals surface area (Å²) in [5, 5.41) is 14.1. The van der Waals surface area contributed by atoms with Crippen molar-refractivity contribution in [2.45, 2.75) is 6.92 Å². The fourth-order valence-electron chi connectivity index (χ4n) is 1.85. The van der Waals surface area contributed by atoms with Gasteiger partial charge in [-0.1, -0.05) is 36.4 Å². The van der Waals surface area contributed by atoms with Gasteiger partial charge in [-0.3, -0.25) is 0 Å². The van der Waals surface area contributed by atoms with E-state index in [1.165, 1.54) is 6.20 Å². The smallest absolute Gasteiger partial charge is 0.350 e. The van der Waals surface area contributed by atoms with Crippen LogP contribution in [0.2, 0.25) is 0 Å². The molecule has 2 rings (SSSR count). The molecule has 0 saturated heterocycles. The minimum absolute atomic E-state index is 0.0558. The number of anilines is 1. The summed E-state index contributed by atoms with van der Waals surface area (Å²) in [6.45, 7) is 1.94. The highest BCUT2D eigenvalue weighted by Gasteiger charge is 2.09.